The van der Waals surface area contributed by atoms with E-state index in [-0.39, 0.29) is 6.10 Å². The molecule has 3 heteroatoms. The van der Waals surface area contributed by atoms with Crippen LogP contribution < -0.4 is 5.32 Å². The summed E-state index contributed by atoms with van der Waals surface area (Å²) in [5.41, 5.74) is 2.73. The predicted octanol–water partition coefficient (Wildman–Crippen LogP) is 2.07. The molecule has 0 bridgehead atoms. The minimum absolute atomic E-state index is 0.122. The first-order valence-corrected chi connectivity index (χ1v) is 6.95. The van der Waals surface area contributed by atoms with Gasteiger partial charge in [0.1, 0.15) is 6.10 Å². The van der Waals surface area contributed by atoms with Crippen LogP contribution in [0.5, 0.6) is 0 Å². The van der Waals surface area contributed by atoms with E-state index in [1.165, 1.54) is 24.0 Å². The van der Waals surface area contributed by atoms with Crippen LogP contribution in [0.3, 0.4) is 0 Å². The van der Waals surface area contributed by atoms with Crippen LogP contribution in [-0.2, 0) is 15.9 Å². The number of piperidine rings is 1. The minimum atomic E-state index is 0.122. The van der Waals surface area contributed by atoms with Crippen molar-refractivity contribution in [3.05, 3.63) is 35.4 Å². The third-order valence-electron chi connectivity index (χ3n) is 3.83. The van der Waals surface area contributed by atoms with Gasteiger partial charge in [-0.25, -0.2) is 0 Å². The van der Waals surface area contributed by atoms with Crippen molar-refractivity contribution >= 4 is 0 Å². The summed E-state index contributed by atoms with van der Waals surface area (Å²) < 4.78 is 11.8. The van der Waals surface area contributed by atoms with Crippen molar-refractivity contribution < 1.29 is 9.47 Å². The Morgan fingerprint density at radius 1 is 1.33 bits per heavy atom. The molecule has 1 saturated heterocycles. The lowest BCUT2D eigenvalue weighted by Crippen LogP contribution is -2.36. The second-order valence-corrected chi connectivity index (χ2v) is 5.11. The monoisotopic (exact) mass is 247 g/mol. The van der Waals surface area contributed by atoms with Crippen molar-refractivity contribution in [1.82, 2.24) is 5.32 Å². The zero-order chi connectivity index (χ0) is 12.2. The highest BCUT2D eigenvalue weighted by atomic mass is 16.5. The van der Waals surface area contributed by atoms with E-state index in [9.17, 15) is 0 Å². The normalized spacial score (nSPS) is 27.8. The molecule has 2 aliphatic heterocycles. The van der Waals surface area contributed by atoms with Crippen LogP contribution >= 0.6 is 0 Å². The highest BCUT2D eigenvalue weighted by molar-refractivity contribution is 5.30. The molecule has 2 aliphatic rings. The Morgan fingerprint density at radius 3 is 3.17 bits per heavy atom. The molecule has 1 fully saturated rings. The Labute approximate surface area is 108 Å². The summed E-state index contributed by atoms with van der Waals surface area (Å²) in [6, 6.07) is 8.56. The van der Waals surface area contributed by atoms with E-state index in [1.54, 1.807) is 0 Å². The fourth-order valence-electron chi connectivity index (χ4n) is 2.80. The van der Waals surface area contributed by atoms with Gasteiger partial charge in [0.05, 0.1) is 19.3 Å². The van der Waals surface area contributed by atoms with Crippen LogP contribution in [0.15, 0.2) is 24.3 Å². The van der Waals surface area contributed by atoms with Crippen LogP contribution in [0.25, 0.3) is 0 Å². The van der Waals surface area contributed by atoms with Gasteiger partial charge in [0.25, 0.3) is 0 Å². The smallest absolute Gasteiger partial charge is 0.106 e. The van der Waals surface area contributed by atoms with Gasteiger partial charge in [0.2, 0.25) is 0 Å². The van der Waals surface area contributed by atoms with Gasteiger partial charge in [-0.2, -0.15) is 0 Å². The number of hydrogen-bond acceptors (Lipinski definition) is 3. The minimum Gasteiger partial charge on any atom is -0.374 e. The first kappa shape index (κ1) is 12.2. The summed E-state index contributed by atoms with van der Waals surface area (Å²) in [6.45, 7) is 3.61. The molecule has 0 spiro atoms. The third kappa shape index (κ3) is 2.74. The van der Waals surface area contributed by atoms with Gasteiger partial charge in [-0.1, -0.05) is 24.3 Å². The number of ether oxygens (including phenoxy) is 2. The van der Waals surface area contributed by atoms with Gasteiger partial charge < -0.3 is 14.8 Å². The molecular weight excluding hydrogens is 226 g/mol. The maximum atomic E-state index is 5.99. The Balaban J connectivity index is 1.60. The highest BCUT2D eigenvalue weighted by Crippen LogP contribution is 2.27. The van der Waals surface area contributed by atoms with Crippen molar-refractivity contribution in [3.8, 4) is 0 Å². The topological polar surface area (TPSA) is 30.5 Å². The number of nitrogens with one attached hydrogen (secondary N) is 1. The lowest BCUT2D eigenvalue weighted by atomic mass is 9.98. The number of rotatable bonds is 3. The average molecular weight is 247 g/mol. The lowest BCUT2D eigenvalue weighted by molar-refractivity contribution is -0.0560. The van der Waals surface area contributed by atoms with E-state index in [1.807, 2.05) is 0 Å². The molecule has 2 heterocycles. The van der Waals surface area contributed by atoms with Crippen molar-refractivity contribution in [2.75, 3.05) is 26.3 Å². The van der Waals surface area contributed by atoms with Crippen molar-refractivity contribution in [2.24, 2.45) is 0 Å². The molecule has 18 heavy (non-hydrogen) atoms. The molecule has 98 valence electrons. The first-order chi connectivity index (χ1) is 8.93. The molecule has 0 amide bonds. The van der Waals surface area contributed by atoms with Crippen molar-refractivity contribution in [2.45, 2.75) is 31.5 Å². The average Bonchev–Trinajstić information content (AvgIpc) is 2.46. The van der Waals surface area contributed by atoms with Crippen molar-refractivity contribution in [1.29, 1.82) is 0 Å². The molecule has 1 aromatic rings. The molecule has 2 atom stereocenters. The third-order valence-corrected chi connectivity index (χ3v) is 3.83. The molecule has 0 radical (unpaired) electrons. The van der Waals surface area contributed by atoms with Gasteiger partial charge >= 0.3 is 0 Å². The van der Waals surface area contributed by atoms with E-state index in [2.05, 4.69) is 29.6 Å². The second-order valence-electron chi connectivity index (χ2n) is 5.11. The van der Waals surface area contributed by atoms with Crippen LogP contribution in [-0.4, -0.2) is 32.4 Å². The predicted molar refractivity (Wildman–Crippen MR) is 70.7 cm³/mol. The molecule has 3 rings (SSSR count). The summed E-state index contributed by atoms with van der Waals surface area (Å²) in [6.07, 6.45) is 3.89. The van der Waals surface area contributed by atoms with E-state index >= 15 is 0 Å². The zero-order valence-corrected chi connectivity index (χ0v) is 10.7. The Bertz CT molecular complexity index is 388. The number of hydrogen-bond donors (Lipinski definition) is 1. The lowest BCUT2D eigenvalue weighted by Gasteiger charge is -2.29. The van der Waals surface area contributed by atoms with E-state index in [4.69, 9.17) is 9.47 Å². The first-order valence-electron chi connectivity index (χ1n) is 6.95. The molecule has 2 unspecified atom stereocenters. The second kappa shape index (κ2) is 5.83. The SMILES string of the molecule is c1ccc2c(c1)CCOC2COC1CCCNC1. The summed E-state index contributed by atoms with van der Waals surface area (Å²) in [5, 5.41) is 3.38. The molecule has 0 aromatic heterocycles. The maximum Gasteiger partial charge on any atom is 0.106 e. The van der Waals surface area contributed by atoms with Gasteiger partial charge in [-0.05, 0) is 36.9 Å². The summed E-state index contributed by atoms with van der Waals surface area (Å²) in [4.78, 5) is 0. The molecule has 1 N–H and O–H groups in total. The maximum absolute atomic E-state index is 5.99. The van der Waals surface area contributed by atoms with Crippen molar-refractivity contribution in [3.63, 3.8) is 0 Å². The molecular formula is C15H21NO2. The Morgan fingerprint density at radius 2 is 2.28 bits per heavy atom. The van der Waals surface area contributed by atoms with E-state index < -0.39 is 0 Å². The number of fused-ring (bicyclic) bond motifs is 1. The molecule has 0 saturated carbocycles. The van der Waals surface area contributed by atoms with Gasteiger partial charge in [-0.3, -0.25) is 0 Å². The van der Waals surface area contributed by atoms with Crippen LogP contribution in [0.1, 0.15) is 30.1 Å². The standard InChI is InChI=1S/C15H21NO2/c1-2-6-14-12(4-1)7-9-17-15(14)11-18-13-5-3-8-16-10-13/h1-2,4,6,13,15-16H,3,5,7-11H2. The van der Waals surface area contributed by atoms with Crippen LogP contribution in [0.2, 0.25) is 0 Å². The highest BCUT2D eigenvalue weighted by Gasteiger charge is 2.22. The van der Waals surface area contributed by atoms with Gasteiger partial charge in [0.15, 0.2) is 0 Å². The van der Waals surface area contributed by atoms with E-state index in [0.29, 0.717) is 12.7 Å². The fraction of sp³-hybridized carbons (Fsp3) is 0.600. The Kier molecular flexibility index (Phi) is 3.93. The van der Waals surface area contributed by atoms with E-state index in [0.717, 1.165) is 26.1 Å². The van der Waals surface area contributed by atoms with Gasteiger partial charge in [0, 0.05) is 6.54 Å². The van der Waals surface area contributed by atoms with Crippen LogP contribution in [0, 0.1) is 0 Å². The van der Waals surface area contributed by atoms with Crippen LogP contribution in [0.4, 0.5) is 0 Å². The quantitative estimate of drug-likeness (QED) is 0.887. The summed E-state index contributed by atoms with van der Waals surface area (Å²) in [5.74, 6) is 0. The zero-order valence-electron chi connectivity index (χ0n) is 10.7. The molecule has 0 aliphatic carbocycles. The Hall–Kier alpha value is -0.900. The van der Waals surface area contributed by atoms with Gasteiger partial charge in [-0.15, -0.1) is 0 Å². The summed E-state index contributed by atoms with van der Waals surface area (Å²) in [7, 11) is 0. The fourth-order valence-corrected chi connectivity index (χ4v) is 2.80. The number of benzene rings is 1. The largest absolute Gasteiger partial charge is 0.374 e. The molecule has 1 aromatic carbocycles. The summed E-state index contributed by atoms with van der Waals surface area (Å²) >= 11 is 0. The molecule has 3 nitrogen and oxygen atoms in total.